The van der Waals surface area contributed by atoms with Crippen LogP contribution in [-0.4, -0.2) is 5.16 Å². The van der Waals surface area contributed by atoms with Gasteiger partial charge in [-0.1, -0.05) is 11.2 Å². The van der Waals surface area contributed by atoms with E-state index in [9.17, 15) is 8.78 Å². The maximum atomic E-state index is 13.0. The topological polar surface area (TPSA) is 49.8 Å². The second-order valence-corrected chi connectivity index (χ2v) is 3.22. The number of hydrogen-bond acceptors (Lipinski definition) is 3. The van der Waals surface area contributed by atoms with Gasteiger partial charge in [-0.2, -0.15) is 5.26 Å². The van der Waals surface area contributed by atoms with E-state index in [0.717, 1.165) is 12.1 Å². The quantitative estimate of drug-likeness (QED) is 0.748. The summed E-state index contributed by atoms with van der Waals surface area (Å²) < 4.78 is 30.5. The van der Waals surface area contributed by atoms with Crippen LogP contribution in [0.25, 0.3) is 11.6 Å². The van der Waals surface area contributed by atoms with Crippen molar-refractivity contribution in [3.8, 4) is 6.07 Å². The predicted octanol–water partition coefficient (Wildman–Crippen LogP) is 3.02. The third-order valence-corrected chi connectivity index (χ3v) is 2.08. The van der Waals surface area contributed by atoms with Crippen LogP contribution in [0.4, 0.5) is 8.78 Å². The molecule has 0 aliphatic rings. The summed E-state index contributed by atoms with van der Waals surface area (Å²) in [6.45, 7) is 0. The Balaban J connectivity index is 2.41. The number of allylic oxidation sites excluding steroid dienone is 1. The maximum absolute atomic E-state index is 13.0. The second kappa shape index (κ2) is 4.58. The first kappa shape index (κ1) is 11.0. The third-order valence-electron chi connectivity index (χ3n) is 2.08. The zero-order valence-corrected chi connectivity index (χ0v) is 8.52. The fraction of sp³-hybridized carbons (Fsp3) is 0. The molecule has 0 atom stereocenters. The van der Waals surface area contributed by atoms with Gasteiger partial charge in [0.05, 0.1) is 11.8 Å². The molecule has 0 unspecified atom stereocenters. The summed E-state index contributed by atoms with van der Waals surface area (Å²) in [6, 6.07) is 6.77. The van der Waals surface area contributed by atoms with Crippen LogP contribution >= 0.6 is 0 Å². The number of rotatable bonds is 2. The lowest BCUT2D eigenvalue weighted by Crippen LogP contribution is -1.85. The predicted molar refractivity (Wildman–Crippen MR) is 56.3 cm³/mol. The first-order valence-electron chi connectivity index (χ1n) is 4.68. The molecule has 0 saturated heterocycles. The highest BCUT2D eigenvalue weighted by molar-refractivity contribution is 5.87. The van der Waals surface area contributed by atoms with Crippen LogP contribution in [-0.2, 0) is 0 Å². The summed E-state index contributed by atoms with van der Waals surface area (Å²) in [5.41, 5.74) is 0.561. The number of hydrogen-bond donors (Lipinski definition) is 0. The van der Waals surface area contributed by atoms with E-state index in [1.807, 2.05) is 6.07 Å². The van der Waals surface area contributed by atoms with E-state index in [0.29, 0.717) is 5.56 Å². The Bertz CT molecular complexity index is 597. The largest absolute Gasteiger partial charge is 0.356 e. The summed E-state index contributed by atoms with van der Waals surface area (Å²) in [4.78, 5) is 0. The summed E-state index contributed by atoms with van der Waals surface area (Å²) in [7, 11) is 0. The number of nitrogens with zero attached hydrogens (tertiary/aromatic N) is 2. The smallest absolute Gasteiger partial charge is 0.177 e. The summed E-state index contributed by atoms with van der Waals surface area (Å²) in [6.07, 6.45) is 2.79. The third kappa shape index (κ3) is 2.37. The lowest BCUT2D eigenvalue weighted by Gasteiger charge is -1.96. The monoisotopic (exact) mass is 232 g/mol. The average Bonchev–Trinajstić information content (AvgIpc) is 2.84. The Morgan fingerprint density at radius 1 is 1.29 bits per heavy atom. The van der Waals surface area contributed by atoms with Crippen LogP contribution in [0.2, 0.25) is 0 Å². The molecule has 5 heteroatoms. The van der Waals surface area contributed by atoms with Gasteiger partial charge in [-0.15, -0.1) is 0 Å². The zero-order valence-electron chi connectivity index (χ0n) is 8.52. The molecular formula is C12H6F2N2O. The van der Waals surface area contributed by atoms with Gasteiger partial charge in [-0.25, -0.2) is 8.78 Å². The zero-order chi connectivity index (χ0) is 12.3. The minimum absolute atomic E-state index is 0.188. The first-order chi connectivity index (χ1) is 8.20. The average molecular weight is 232 g/mol. The van der Waals surface area contributed by atoms with Crippen LogP contribution in [0, 0.1) is 23.0 Å². The molecule has 1 aromatic carbocycles. The van der Waals surface area contributed by atoms with Crippen LogP contribution in [0.5, 0.6) is 0 Å². The van der Waals surface area contributed by atoms with Crippen molar-refractivity contribution < 1.29 is 13.3 Å². The normalized spacial score (nSPS) is 11.2. The number of halogens is 2. The lowest BCUT2D eigenvalue weighted by atomic mass is 10.1. The van der Waals surface area contributed by atoms with Gasteiger partial charge >= 0.3 is 0 Å². The molecule has 84 valence electrons. The molecule has 0 spiro atoms. The van der Waals surface area contributed by atoms with Crippen molar-refractivity contribution in [3.63, 3.8) is 0 Å². The summed E-state index contributed by atoms with van der Waals surface area (Å²) >= 11 is 0. The van der Waals surface area contributed by atoms with Crippen molar-refractivity contribution in [2.75, 3.05) is 0 Å². The van der Waals surface area contributed by atoms with E-state index in [-0.39, 0.29) is 11.3 Å². The molecule has 0 fully saturated rings. The SMILES string of the molecule is N#C/C(=C\c1ccc(F)c(F)c1)c1ccno1. The number of nitriles is 1. The highest BCUT2D eigenvalue weighted by atomic mass is 19.2. The van der Waals surface area contributed by atoms with Crippen molar-refractivity contribution in [1.29, 1.82) is 5.26 Å². The molecule has 0 saturated carbocycles. The van der Waals surface area contributed by atoms with Gasteiger partial charge < -0.3 is 4.52 Å². The minimum atomic E-state index is -0.964. The molecule has 2 aromatic rings. The second-order valence-electron chi connectivity index (χ2n) is 3.22. The molecule has 1 heterocycles. The van der Waals surface area contributed by atoms with Gasteiger partial charge in [-0.05, 0) is 23.8 Å². The Hall–Kier alpha value is -2.48. The van der Waals surface area contributed by atoms with Crippen molar-refractivity contribution >= 4 is 11.6 Å². The van der Waals surface area contributed by atoms with Gasteiger partial charge in [-0.3, -0.25) is 0 Å². The van der Waals surface area contributed by atoms with E-state index in [4.69, 9.17) is 9.78 Å². The van der Waals surface area contributed by atoms with Gasteiger partial charge in [0.2, 0.25) is 0 Å². The van der Waals surface area contributed by atoms with Gasteiger partial charge in [0.25, 0.3) is 0 Å². The lowest BCUT2D eigenvalue weighted by molar-refractivity contribution is 0.411. The van der Waals surface area contributed by atoms with Crippen molar-refractivity contribution in [1.82, 2.24) is 5.16 Å². The van der Waals surface area contributed by atoms with Crippen molar-refractivity contribution in [2.45, 2.75) is 0 Å². The van der Waals surface area contributed by atoms with E-state index < -0.39 is 11.6 Å². The van der Waals surface area contributed by atoms with E-state index in [1.165, 1.54) is 24.4 Å². The van der Waals surface area contributed by atoms with Gasteiger partial charge in [0.15, 0.2) is 17.4 Å². The molecule has 17 heavy (non-hydrogen) atoms. The standard InChI is InChI=1S/C12H6F2N2O/c13-10-2-1-8(6-11(10)14)5-9(7-15)12-3-4-16-17-12/h1-6H/b9-5+. The maximum Gasteiger partial charge on any atom is 0.177 e. The first-order valence-corrected chi connectivity index (χ1v) is 4.68. The summed E-state index contributed by atoms with van der Waals surface area (Å²) in [5, 5.41) is 12.4. The van der Waals surface area contributed by atoms with Crippen LogP contribution < -0.4 is 0 Å². The summed E-state index contributed by atoms with van der Waals surface area (Å²) in [5.74, 6) is -1.62. The fourth-order valence-corrected chi connectivity index (χ4v) is 1.28. The molecule has 0 amide bonds. The van der Waals surface area contributed by atoms with E-state index in [1.54, 1.807) is 0 Å². The number of aromatic nitrogens is 1. The van der Waals surface area contributed by atoms with Crippen LogP contribution in [0.15, 0.2) is 35.0 Å². The highest BCUT2D eigenvalue weighted by Gasteiger charge is 2.06. The molecule has 2 rings (SSSR count). The number of benzene rings is 1. The Morgan fingerprint density at radius 3 is 2.71 bits per heavy atom. The van der Waals surface area contributed by atoms with Crippen LogP contribution in [0.3, 0.4) is 0 Å². The Morgan fingerprint density at radius 2 is 2.12 bits per heavy atom. The van der Waals surface area contributed by atoms with Gasteiger partial charge in [0.1, 0.15) is 6.07 Å². The molecule has 1 aromatic heterocycles. The molecule has 0 radical (unpaired) electrons. The van der Waals surface area contributed by atoms with Gasteiger partial charge in [0, 0.05) is 6.07 Å². The molecule has 0 aliphatic heterocycles. The van der Waals surface area contributed by atoms with E-state index >= 15 is 0 Å². The fourth-order valence-electron chi connectivity index (χ4n) is 1.28. The molecule has 0 N–H and O–H groups in total. The highest BCUT2D eigenvalue weighted by Crippen LogP contribution is 2.18. The van der Waals surface area contributed by atoms with E-state index in [2.05, 4.69) is 5.16 Å². The molecule has 0 bridgehead atoms. The van der Waals surface area contributed by atoms with Crippen molar-refractivity contribution in [3.05, 3.63) is 53.4 Å². The molecule has 0 aliphatic carbocycles. The van der Waals surface area contributed by atoms with Crippen LogP contribution in [0.1, 0.15) is 11.3 Å². The van der Waals surface area contributed by atoms with Crippen molar-refractivity contribution in [2.24, 2.45) is 0 Å². The Labute approximate surface area is 95.6 Å². The molecular weight excluding hydrogens is 226 g/mol. The minimum Gasteiger partial charge on any atom is -0.356 e. The molecule has 3 nitrogen and oxygen atoms in total. The Kier molecular flexibility index (Phi) is 2.97.